The number of anilines is 1. The van der Waals surface area contributed by atoms with Gasteiger partial charge in [-0.2, -0.15) is 0 Å². The van der Waals surface area contributed by atoms with Crippen LogP contribution in [0.25, 0.3) is 0 Å². The highest BCUT2D eigenvalue weighted by atomic mass is 16.4. The van der Waals surface area contributed by atoms with Crippen LogP contribution in [0.2, 0.25) is 0 Å². The molecular weight excluding hydrogens is 268 g/mol. The van der Waals surface area contributed by atoms with Gasteiger partial charge in [-0.1, -0.05) is 27.7 Å². The molecule has 1 aromatic heterocycles. The highest BCUT2D eigenvalue weighted by Crippen LogP contribution is 2.16. The Morgan fingerprint density at radius 1 is 1.38 bits per heavy atom. The summed E-state index contributed by atoms with van der Waals surface area (Å²) in [7, 11) is 0. The van der Waals surface area contributed by atoms with E-state index < -0.39 is 5.97 Å². The first kappa shape index (κ1) is 17.4. The number of nitrogens with zero attached hydrogens (tertiary/aromatic N) is 3. The third-order valence-electron chi connectivity index (χ3n) is 3.26. The van der Waals surface area contributed by atoms with Crippen molar-refractivity contribution >= 4 is 11.7 Å². The van der Waals surface area contributed by atoms with E-state index in [9.17, 15) is 9.90 Å². The van der Waals surface area contributed by atoms with E-state index >= 15 is 0 Å². The zero-order valence-corrected chi connectivity index (χ0v) is 13.4. The highest BCUT2D eigenvalue weighted by molar-refractivity contribution is 5.91. The Morgan fingerprint density at radius 2 is 2.10 bits per heavy atom. The fraction of sp³-hybridized carbons (Fsp3) is 0.667. The fourth-order valence-corrected chi connectivity index (χ4v) is 2.06. The number of carbonyl (C=O) groups is 1. The van der Waals surface area contributed by atoms with Crippen molar-refractivity contribution in [1.29, 1.82) is 0 Å². The molecule has 0 amide bonds. The second-order valence-corrected chi connectivity index (χ2v) is 5.31. The molecule has 6 nitrogen and oxygen atoms in total. The smallest absolute Gasteiger partial charge is 0.356 e. The Balaban J connectivity index is 2.72. The summed E-state index contributed by atoms with van der Waals surface area (Å²) in [6, 6.07) is 0. The average molecular weight is 294 g/mol. The Morgan fingerprint density at radius 3 is 2.62 bits per heavy atom. The van der Waals surface area contributed by atoms with Gasteiger partial charge in [0.25, 0.3) is 0 Å². The van der Waals surface area contributed by atoms with Crippen LogP contribution in [0, 0.1) is 0 Å². The van der Waals surface area contributed by atoms with E-state index in [1.54, 1.807) is 6.20 Å². The monoisotopic (exact) mass is 294 g/mol. The molecule has 118 valence electrons. The van der Waals surface area contributed by atoms with Crippen molar-refractivity contribution in [3.05, 3.63) is 17.7 Å². The summed E-state index contributed by atoms with van der Waals surface area (Å²) in [6.07, 6.45) is 2.68. The van der Waals surface area contributed by atoms with E-state index in [1.165, 1.54) is 0 Å². The fourth-order valence-electron chi connectivity index (χ4n) is 2.06. The molecule has 0 radical (unpaired) electrons. The Hall–Kier alpha value is -1.69. The van der Waals surface area contributed by atoms with Gasteiger partial charge in [0.2, 0.25) is 0 Å². The van der Waals surface area contributed by atoms with Crippen LogP contribution in [-0.2, 0) is 0 Å². The van der Waals surface area contributed by atoms with Crippen LogP contribution < -0.4 is 5.32 Å². The number of aromatic carboxylic acids is 1. The van der Waals surface area contributed by atoms with Crippen molar-refractivity contribution in [2.45, 2.75) is 40.0 Å². The van der Waals surface area contributed by atoms with Gasteiger partial charge in [0, 0.05) is 19.0 Å². The molecule has 1 aromatic rings. The number of hydrogen-bond acceptors (Lipinski definition) is 5. The predicted octanol–water partition coefficient (Wildman–Crippen LogP) is 2.44. The van der Waals surface area contributed by atoms with Gasteiger partial charge in [0.15, 0.2) is 5.69 Å². The lowest BCUT2D eigenvalue weighted by molar-refractivity contribution is 0.0691. The Bertz CT molecular complexity index is 463. The first-order chi connectivity index (χ1) is 9.99. The van der Waals surface area contributed by atoms with E-state index in [0.717, 1.165) is 26.1 Å². The summed E-state index contributed by atoms with van der Waals surface area (Å²) in [6.45, 7) is 11.7. The van der Waals surface area contributed by atoms with E-state index in [-0.39, 0.29) is 11.6 Å². The van der Waals surface area contributed by atoms with Crippen molar-refractivity contribution in [2.75, 3.05) is 31.5 Å². The van der Waals surface area contributed by atoms with E-state index in [2.05, 4.69) is 34.0 Å². The topological polar surface area (TPSA) is 78.3 Å². The molecule has 0 fully saturated rings. The van der Waals surface area contributed by atoms with Crippen LogP contribution in [0.1, 0.15) is 56.3 Å². The molecule has 0 saturated heterocycles. The lowest BCUT2D eigenvalue weighted by Gasteiger charge is -2.20. The van der Waals surface area contributed by atoms with Crippen LogP contribution in [0.3, 0.4) is 0 Å². The van der Waals surface area contributed by atoms with Crippen LogP contribution in [-0.4, -0.2) is 52.1 Å². The SMILES string of the molecule is CCCN(CC)CCNc1cnc(C(C)C)nc1C(=O)O. The Labute approximate surface area is 126 Å². The summed E-state index contributed by atoms with van der Waals surface area (Å²) in [5.74, 6) is -0.362. The van der Waals surface area contributed by atoms with Gasteiger partial charge in [-0.15, -0.1) is 0 Å². The molecule has 1 heterocycles. The second kappa shape index (κ2) is 8.56. The maximum Gasteiger partial charge on any atom is 0.356 e. The van der Waals surface area contributed by atoms with Gasteiger partial charge in [-0.25, -0.2) is 14.8 Å². The van der Waals surface area contributed by atoms with E-state index in [4.69, 9.17) is 0 Å². The molecule has 0 aliphatic carbocycles. The van der Waals surface area contributed by atoms with E-state index in [0.29, 0.717) is 18.1 Å². The maximum atomic E-state index is 11.3. The molecule has 0 aromatic carbocycles. The van der Waals surface area contributed by atoms with E-state index in [1.807, 2.05) is 13.8 Å². The molecule has 0 aliphatic heterocycles. The quantitative estimate of drug-likeness (QED) is 0.728. The van der Waals surface area contributed by atoms with Gasteiger partial charge in [-0.05, 0) is 19.5 Å². The van der Waals surface area contributed by atoms with Crippen molar-refractivity contribution in [3.63, 3.8) is 0 Å². The molecule has 0 aliphatic rings. The summed E-state index contributed by atoms with van der Waals surface area (Å²) in [4.78, 5) is 22.0. The molecule has 6 heteroatoms. The summed E-state index contributed by atoms with van der Waals surface area (Å²) < 4.78 is 0. The number of rotatable bonds is 9. The molecule has 0 unspecified atom stereocenters. The Kier molecular flexibility index (Phi) is 7.08. The first-order valence-electron chi connectivity index (χ1n) is 7.56. The van der Waals surface area contributed by atoms with Gasteiger partial charge in [-0.3, -0.25) is 0 Å². The highest BCUT2D eigenvalue weighted by Gasteiger charge is 2.15. The molecule has 1 rings (SSSR count). The lowest BCUT2D eigenvalue weighted by atomic mass is 10.2. The maximum absolute atomic E-state index is 11.3. The van der Waals surface area contributed by atoms with Gasteiger partial charge < -0.3 is 15.3 Å². The van der Waals surface area contributed by atoms with Gasteiger partial charge in [0.05, 0.1) is 11.9 Å². The number of carboxylic acid groups (broad SMARTS) is 1. The summed E-state index contributed by atoms with van der Waals surface area (Å²) >= 11 is 0. The van der Waals surface area contributed by atoms with Crippen molar-refractivity contribution in [2.24, 2.45) is 0 Å². The molecule has 2 N–H and O–H groups in total. The minimum Gasteiger partial charge on any atom is -0.476 e. The van der Waals surface area contributed by atoms with Crippen LogP contribution in [0.5, 0.6) is 0 Å². The van der Waals surface area contributed by atoms with Crippen molar-refractivity contribution in [3.8, 4) is 0 Å². The number of aromatic nitrogens is 2. The molecular formula is C15H26N4O2. The van der Waals surface area contributed by atoms with Crippen molar-refractivity contribution < 1.29 is 9.90 Å². The van der Waals surface area contributed by atoms with Crippen molar-refractivity contribution in [1.82, 2.24) is 14.9 Å². The summed E-state index contributed by atoms with van der Waals surface area (Å²) in [5, 5.41) is 12.4. The third-order valence-corrected chi connectivity index (χ3v) is 3.26. The van der Waals surface area contributed by atoms with Crippen LogP contribution in [0.4, 0.5) is 5.69 Å². The minimum atomic E-state index is -1.03. The zero-order valence-electron chi connectivity index (χ0n) is 13.4. The van der Waals surface area contributed by atoms with Crippen LogP contribution in [0.15, 0.2) is 6.20 Å². The lowest BCUT2D eigenvalue weighted by Crippen LogP contribution is -2.30. The predicted molar refractivity (Wildman–Crippen MR) is 84.0 cm³/mol. The molecule has 21 heavy (non-hydrogen) atoms. The summed E-state index contributed by atoms with van der Waals surface area (Å²) in [5.41, 5.74) is 0.534. The molecule has 0 bridgehead atoms. The standard InChI is InChI=1S/C15H26N4O2/c1-5-8-19(6-2)9-7-16-12-10-17-14(11(3)4)18-13(12)15(20)21/h10-11,16H,5-9H2,1-4H3,(H,20,21). The number of hydrogen-bond donors (Lipinski definition) is 2. The number of nitrogens with one attached hydrogen (secondary N) is 1. The molecule has 0 saturated carbocycles. The molecule has 0 spiro atoms. The third kappa shape index (κ3) is 5.30. The number of carboxylic acids is 1. The number of likely N-dealkylation sites (N-methyl/N-ethyl adjacent to an activating group) is 1. The van der Waals surface area contributed by atoms with Gasteiger partial charge >= 0.3 is 5.97 Å². The normalized spacial score (nSPS) is 11.1. The van der Waals surface area contributed by atoms with Gasteiger partial charge in [0.1, 0.15) is 5.82 Å². The van der Waals surface area contributed by atoms with Crippen LogP contribution >= 0.6 is 0 Å². The largest absolute Gasteiger partial charge is 0.476 e. The second-order valence-electron chi connectivity index (χ2n) is 5.31. The molecule has 0 atom stereocenters. The minimum absolute atomic E-state index is 0.0484. The average Bonchev–Trinajstić information content (AvgIpc) is 2.46. The first-order valence-corrected chi connectivity index (χ1v) is 7.56. The zero-order chi connectivity index (χ0) is 15.8.